The SMILES string of the molecule is CC(C)[O-].CN(C)CC[O-].CN(C)CC[O-].CN(C)CC[O-].[Ti+4]. The van der Waals surface area contributed by atoms with Crippen LogP contribution in [0.3, 0.4) is 0 Å². The van der Waals surface area contributed by atoms with E-state index in [0.29, 0.717) is 19.6 Å². The Morgan fingerprint density at radius 1 is 0.609 bits per heavy atom. The van der Waals surface area contributed by atoms with Gasteiger partial charge in [0.05, 0.1) is 0 Å². The van der Waals surface area contributed by atoms with E-state index in [9.17, 15) is 20.4 Å². The third-order valence-electron chi connectivity index (χ3n) is 1.62. The Hall–Kier alpha value is 0.434. The van der Waals surface area contributed by atoms with Gasteiger partial charge in [-0.05, 0) is 61.9 Å². The van der Waals surface area contributed by atoms with E-state index < -0.39 is 6.10 Å². The standard InChI is InChI=1S/3C4H10NO.C3H7O.Ti/c3*1-5(2)3-4-6;1-3(2)4;/h3*3-4H2,1-2H3;3H,1-2H3;/q4*-1;+4. The molecular formula is C15H37N3O4Ti. The summed E-state index contributed by atoms with van der Waals surface area (Å²) in [5, 5.41) is 38.6. The molecule has 0 aliphatic rings. The summed E-state index contributed by atoms with van der Waals surface area (Å²) < 4.78 is 0. The summed E-state index contributed by atoms with van der Waals surface area (Å²) in [4.78, 5) is 5.60. The van der Waals surface area contributed by atoms with Gasteiger partial charge in [-0.3, -0.25) is 0 Å². The van der Waals surface area contributed by atoms with Gasteiger partial charge >= 0.3 is 21.7 Å². The third-order valence-corrected chi connectivity index (χ3v) is 1.62. The number of likely N-dealkylation sites (N-methyl/N-ethyl adjacent to an activating group) is 3. The molecule has 0 unspecified atom stereocenters. The largest absolute Gasteiger partial charge is 4.00 e. The average molecular weight is 371 g/mol. The molecule has 140 valence electrons. The van der Waals surface area contributed by atoms with Gasteiger partial charge in [-0.15, -0.1) is 25.9 Å². The minimum Gasteiger partial charge on any atom is -0.854 e. The predicted octanol–water partition coefficient (Wildman–Crippen LogP) is -3.52. The first kappa shape index (κ1) is 34.7. The summed E-state index contributed by atoms with van der Waals surface area (Å²) >= 11 is 0. The van der Waals surface area contributed by atoms with Crippen LogP contribution >= 0.6 is 0 Å². The number of hydrogen-bond donors (Lipinski definition) is 0. The zero-order chi connectivity index (χ0) is 18.6. The Balaban J connectivity index is -0.0000000624. The number of nitrogens with zero attached hydrogens (tertiary/aromatic N) is 3. The predicted molar refractivity (Wildman–Crippen MR) is 85.4 cm³/mol. The molecule has 0 heterocycles. The molecule has 0 aromatic carbocycles. The molecule has 0 amide bonds. The normalized spacial score (nSPS) is 9.39. The van der Waals surface area contributed by atoms with Crippen LogP contribution in [0.2, 0.25) is 0 Å². The summed E-state index contributed by atoms with van der Waals surface area (Å²) in [5.74, 6) is 0. The fourth-order valence-corrected chi connectivity index (χ4v) is 0.548. The van der Waals surface area contributed by atoms with Gasteiger partial charge in [0.1, 0.15) is 0 Å². The van der Waals surface area contributed by atoms with E-state index in [1.807, 2.05) is 57.0 Å². The van der Waals surface area contributed by atoms with E-state index in [1.165, 1.54) is 0 Å². The molecule has 0 aliphatic heterocycles. The maximum atomic E-state index is 9.70. The second-order valence-corrected chi connectivity index (χ2v) is 5.57. The van der Waals surface area contributed by atoms with Crippen LogP contribution in [0.1, 0.15) is 13.8 Å². The van der Waals surface area contributed by atoms with Crippen LogP contribution in [-0.4, -0.2) is 103 Å². The molecule has 0 rings (SSSR count). The van der Waals surface area contributed by atoms with Gasteiger partial charge in [0, 0.05) is 0 Å². The molecule has 0 radical (unpaired) electrons. The van der Waals surface area contributed by atoms with Gasteiger partial charge in [0.15, 0.2) is 0 Å². The molecule has 23 heavy (non-hydrogen) atoms. The first-order valence-electron chi connectivity index (χ1n) is 7.39. The monoisotopic (exact) mass is 371 g/mol. The van der Waals surface area contributed by atoms with Gasteiger partial charge in [0.2, 0.25) is 0 Å². The van der Waals surface area contributed by atoms with Crippen LogP contribution in [0, 0.1) is 0 Å². The molecule has 0 N–H and O–H groups in total. The van der Waals surface area contributed by atoms with E-state index in [1.54, 1.807) is 13.8 Å². The minimum absolute atomic E-state index is 0. The van der Waals surface area contributed by atoms with Crippen molar-refractivity contribution in [3.8, 4) is 0 Å². The minimum atomic E-state index is -0.417. The molecule has 0 aromatic heterocycles. The number of rotatable bonds is 6. The van der Waals surface area contributed by atoms with Gasteiger partial charge in [0.25, 0.3) is 0 Å². The van der Waals surface area contributed by atoms with Gasteiger partial charge < -0.3 is 35.1 Å². The fourth-order valence-electron chi connectivity index (χ4n) is 0.548. The van der Waals surface area contributed by atoms with E-state index >= 15 is 0 Å². The fraction of sp³-hybridized carbons (Fsp3) is 1.00. The third kappa shape index (κ3) is 105. The summed E-state index contributed by atoms with van der Waals surface area (Å²) in [7, 11) is 11.3. The molecule has 0 fully saturated rings. The Morgan fingerprint density at radius 3 is 0.739 bits per heavy atom. The average Bonchev–Trinajstić information content (AvgIpc) is 2.28. The molecule has 0 aliphatic carbocycles. The zero-order valence-corrected chi connectivity index (χ0v) is 17.9. The van der Waals surface area contributed by atoms with Crippen LogP contribution in [0.25, 0.3) is 0 Å². The van der Waals surface area contributed by atoms with Crippen molar-refractivity contribution in [3.63, 3.8) is 0 Å². The smallest absolute Gasteiger partial charge is 0.854 e. The Kier molecular flexibility index (Phi) is 45.8. The van der Waals surface area contributed by atoms with Crippen LogP contribution in [0.4, 0.5) is 0 Å². The molecular weight excluding hydrogens is 334 g/mol. The second kappa shape index (κ2) is 30.3. The summed E-state index contributed by atoms with van der Waals surface area (Å²) in [6, 6.07) is 0. The first-order chi connectivity index (χ1) is 10.0. The van der Waals surface area contributed by atoms with Crippen molar-refractivity contribution in [1.29, 1.82) is 0 Å². The maximum Gasteiger partial charge on any atom is 4.00 e. The molecule has 7 nitrogen and oxygen atoms in total. The van der Waals surface area contributed by atoms with Crippen molar-refractivity contribution in [1.82, 2.24) is 14.7 Å². The molecule has 0 spiro atoms. The molecule has 0 bridgehead atoms. The molecule has 0 saturated heterocycles. The van der Waals surface area contributed by atoms with Crippen LogP contribution < -0.4 is 20.4 Å². The second-order valence-electron chi connectivity index (χ2n) is 5.57. The quantitative estimate of drug-likeness (QED) is 0.446. The van der Waals surface area contributed by atoms with Crippen molar-refractivity contribution < 1.29 is 42.1 Å². The van der Waals surface area contributed by atoms with E-state index in [-0.39, 0.29) is 41.5 Å². The zero-order valence-electron chi connectivity index (χ0n) is 16.3. The number of hydrogen-bond acceptors (Lipinski definition) is 7. The van der Waals surface area contributed by atoms with Crippen LogP contribution in [-0.2, 0) is 21.7 Å². The van der Waals surface area contributed by atoms with Gasteiger partial charge in [-0.2, -0.15) is 0 Å². The Labute approximate surface area is 158 Å². The van der Waals surface area contributed by atoms with E-state index in [2.05, 4.69) is 0 Å². The first-order valence-corrected chi connectivity index (χ1v) is 7.39. The van der Waals surface area contributed by atoms with Crippen molar-refractivity contribution in [2.75, 3.05) is 81.7 Å². The summed E-state index contributed by atoms with van der Waals surface area (Å²) in [6.45, 7) is 5.20. The summed E-state index contributed by atoms with van der Waals surface area (Å²) in [6.07, 6.45) is -0.417. The van der Waals surface area contributed by atoms with Gasteiger partial charge in [-0.25, -0.2) is 0 Å². The van der Waals surface area contributed by atoms with Crippen LogP contribution in [0.5, 0.6) is 0 Å². The Morgan fingerprint density at radius 2 is 0.739 bits per heavy atom. The van der Waals surface area contributed by atoms with Crippen molar-refractivity contribution in [2.45, 2.75) is 20.0 Å². The molecule has 8 heteroatoms. The van der Waals surface area contributed by atoms with Crippen LogP contribution in [0.15, 0.2) is 0 Å². The van der Waals surface area contributed by atoms with E-state index in [4.69, 9.17) is 0 Å². The maximum absolute atomic E-state index is 9.70. The van der Waals surface area contributed by atoms with Gasteiger partial charge in [-0.1, -0.05) is 13.8 Å². The molecule has 0 atom stereocenters. The van der Waals surface area contributed by atoms with Crippen molar-refractivity contribution >= 4 is 0 Å². The topological polar surface area (TPSA) is 102 Å². The Bertz CT molecular complexity index is 148. The van der Waals surface area contributed by atoms with Crippen molar-refractivity contribution in [2.24, 2.45) is 0 Å². The molecule has 0 saturated carbocycles. The molecule has 0 aromatic rings. The summed E-state index contributed by atoms with van der Waals surface area (Å²) in [5.41, 5.74) is 0. The van der Waals surface area contributed by atoms with E-state index in [0.717, 1.165) is 0 Å². The van der Waals surface area contributed by atoms with Crippen molar-refractivity contribution in [3.05, 3.63) is 0 Å².